The topological polar surface area (TPSA) is 164 Å². The van der Waals surface area contributed by atoms with Crippen molar-refractivity contribution >= 4 is 36.2 Å². The van der Waals surface area contributed by atoms with Crippen LogP contribution in [0.15, 0.2) is 121 Å². The zero-order chi connectivity index (χ0) is 35.3. The molecule has 6 N–H and O–H groups in total. The number of fused-ring (bicyclic) bond motifs is 1. The molecule has 0 radical (unpaired) electrons. The fourth-order valence-corrected chi connectivity index (χ4v) is 8.05. The first kappa shape index (κ1) is 36.1. The highest BCUT2D eigenvalue weighted by molar-refractivity contribution is 7.58. The van der Waals surface area contributed by atoms with Crippen LogP contribution in [0.5, 0.6) is 0 Å². The van der Waals surface area contributed by atoms with Crippen molar-refractivity contribution in [2.24, 2.45) is 11.7 Å². The van der Waals surface area contributed by atoms with E-state index in [9.17, 15) is 23.8 Å². The third-order valence-corrected chi connectivity index (χ3v) is 11.0. The summed E-state index contributed by atoms with van der Waals surface area (Å²) in [4.78, 5) is 54.4. The van der Waals surface area contributed by atoms with Gasteiger partial charge in [-0.05, 0) is 47.6 Å². The molecule has 1 aromatic heterocycles. The Kier molecular flexibility index (Phi) is 12.6. The molecule has 50 heavy (non-hydrogen) atoms. The van der Waals surface area contributed by atoms with Gasteiger partial charge in [0.05, 0.1) is 0 Å². The van der Waals surface area contributed by atoms with E-state index in [0.717, 1.165) is 33.2 Å². The number of hydrogen-bond donors (Lipinski definition) is 5. The summed E-state index contributed by atoms with van der Waals surface area (Å²) in [6, 6.07) is 34.5. The fraction of sp³-hybridized carbons (Fsp3) is 0.256. The lowest BCUT2D eigenvalue weighted by molar-refractivity contribution is -0.129. The molecule has 0 spiro atoms. The van der Waals surface area contributed by atoms with Crippen molar-refractivity contribution < 1.29 is 28.6 Å². The smallest absolute Gasteiger partial charge is 0.408 e. The number of H-pyrrole nitrogens is 1. The van der Waals surface area contributed by atoms with E-state index in [0.29, 0.717) is 12.8 Å². The van der Waals surface area contributed by atoms with Crippen LogP contribution in [0.3, 0.4) is 0 Å². The Morgan fingerprint density at radius 1 is 0.780 bits per heavy atom. The van der Waals surface area contributed by atoms with E-state index in [1.807, 2.05) is 91.0 Å². The minimum atomic E-state index is -4.29. The standard InChI is InChI=1S/C39H43N4O6P/c40-37(44)35(24-32-25-41-34-22-11-10-21-33(32)34)42-38(45)31(20-12-19-28-13-4-1-5-14-28)27-50(47,48)36(23-29-15-6-2-7-16-29)43-39(46)49-26-30-17-8-3-9-18-30/h1-11,13-18,21-22,25,31,35-36,41H,12,19-20,23-24,26-27H2,(H2,40,44)(H,42,45)(H,43,46)(H,47,48)/t31-,35+,36-/m1/s1. The van der Waals surface area contributed by atoms with Gasteiger partial charge in [-0.25, -0.2) is 4.79 Å². The molecule has 0 aliphatic rings. The molecule has 0 aliphatic heterocycles. The zero-order valence-corrected chi connectivity index (χ0v) is 28.6. The highest BCUT2D eigenvalue weighted by atomic mass is 31.2. The molecule has 5 aromatic rings. The number of aromatic amines is 1. The molecule has 0 aliphatic carbocycles. The number of aromatic nitrogens is 1. The van der Waals surface area contributed by atoms with Crippen molar-refractivity contribution in [3.8, 4) is 0 Å². The molecular formula is C39H43N4O6P. The van der Waals surface area contributed by atoms with Crippen molar-refractivity contribution in [2.45, 2.75) is 50.5 Å². The van der Waals surface area contributed by atoms with Gasteiger partial charge < -0.3 is 31.0 Å². The van der Waals surface area contributed by atoms with Gasteiger partial charge in [0.1, 0.15) is 18.4 Å². The van der Waals surface area contributed by atoms with Gasteiger partial charge in [-0.2, -0.15) is 0 Å². The van der Waals surface area contributed by atoms with E-state index < -0.39 is 49.2 Å². The Morgan fingerprint density at radius 2 is 1.38 bits per heavy atom. The van der Waals surface area contributed by atoms with Crippen LogP contribution in [-0.2, 0) is 44.8 Å². The summed E-state index contributed by atoms with van der Waals surface area (Å²) < 4.78 is 19.7. The largest absolute Gasteiger partial charge is 0.445 e. The van der Waals surface area contributed by atoms with Crippen LogP contribution in [0.4, 0.5) is 4.79 Å². The first-order valence-corrected chi connectivity index (χ1v) is 18.6. The predicted octanol–water partition coefficient (Wildman–Crippen LogP) is 6.09. The number of ether oxygens (including phenoxy) is 1. The SMILES string of the molecule is NC(=O)[C@H](Cc1c[nH]c2ccccc12)NC(=O)[C@H](CCCc1ccccc1)CP(=O)(O)[C@H](Cc1ccccc1)NC(=O)OCc1ccccc1. The average molecular weight is 695 g/mol. The molecule has 3 amide bonds. The Bertz CT molecular complexity index is 1900. The molecule has 0 bridgehead atoms. The fourth-order valence-electron chi connectivity index (χ4n) is 6.01. The molecule has 11 heteroatoms. The molecule has 4 aromatic carbocycles. The third kappa shape index (κ3) is 10.4. The van der Waals surface area contributed by atoms with Crippen LogP contribution in [0.2, 0.25) is 0 Å². The van der Waals surface area contributed by atoms with Crippen molar-refractivity contribution in [3.05, 3.63) is 144 Å². The molecule has 0 saturated carbocycles. The highest BCUT2D eigenvalue weighted by Crippen LogP contribution is 2.49. The van der Waals surface area contributed by atoms with E-state index >= 15 is 0 Å². The number of carbonyl (C=O) groups excluding carboxylic acids is 3. The number of primary amides is 1. The van der Waals surface area contributed by atoms with E-state index in [2.05, 4.69) is 15.6 Å². The molecule has 0 fully saturated rings. The Morgan fingerprint density at radius 3 is 2.04 bits per heavy atom. The summed E-state index contributed by atoms with van der Waals surface area (Å²) in [7, 11) is -4.29. The summed E-state index contributed by atoms with van der Waals surface area (Å²) in [5.41, 5.74) is 10.0. The van der Waals surface area contributed by atoms with E-state index in [4.69, 9.17) is 10.5 Å². The number of para-hydroxylation sites is 1. The number of nitrogens with one attached hydrogen (secondary N) is 3. The van der Waals surface area contributed by atoms with Gasteiger partial charge in [-0.1, -0.05) is 109 Å². The molecular weight excluding hydrogens is 651 g/mol. The number of nitrogens with two attached hydrogens (primary N) is 1. The molecule has 10 nitrogen and oxygen atoms in total. The van der Waals surface area contributed by atoms with Crippen LogP contribution in [0.25, 0.3) is 10.9 Å². The highest BCUT2D eigenvalue weighted by Gasteiger charge is 2.38. The van der Waals surface area contributed by atoms with E-state index in [1.54, 1.807) is 30.5 Å². The minimum Gasteiger partial charge on any atom is -0.445 e. The van der Waals surface area contributed by atoms with E-state index in [1.165, 1.54) is 0 Å². The molecule has 260 valence electrons. The number of rotatable bonds is 17. The van der Waals surface area contributed by atoms with Crippen LogP contribution < -0.4 is 16.4 Å². The first-order valence-electron chi connectivity index (χ1n) is 16.7. The predicted molar refractivity (Wildman–Crippen MR) is 194 cm³/mol. The Balaban J connectivity index is 1.35. The lowest BCUT2D eigenvalue weighted by Crippen LogP contribution is -2.48. The van der Waals surface area contributed by atoms with Gasteiger partial charge in [-0.3, -0.25) is 14.2 Å². The minimum absolute atomic E-state index is 0.0179. The maximum atomic E-state index is 14.3. The second-order valence-electron chi connectivity index (χ2n) is 12.5. The Labute approximate surface area is 291 Å². The molecule has 1 unspecified atom stereocenters. The molecule has 1 heterocycles. The van der Waals surface area contributed by atoms with Gasteiger partial charge in [-0.15, -0.1) is 0 Å². The third-order valence-electron chi connectivity index (χ3n) is 8.73. The second-order valence-corrected chi connectivity index (χ2v) is 15.0. The van der Waals surface area contributed by atoms with Crippen molar-refractivity contribution in [2.75, 3.05) is 6.16 Å². The quantitative estimate of drug-likeness (QED) is 0.0741. The second kappa shape index (κ2) is 17.5. The maximum absolute atomic E-state index is 14.3. The van der Waals surface area contributed by atoms with E-state index in [-0.39, 0.29) is 25.9 Å². The van der Waals surface area contributed by atoms with Gasteiger partial charge in [0.15, 0.2) is 0 Å². The molecule has 0 saturated heterocycles. The van der Waals surface area contributed by atoms with Gasteiger partial charge in [0.25, 0.3) is 0 Å². The van der Waals surface area contributed by atoms with Crippen molar-refractivity contribution in [1.82, 2.24) is 15.6 Å². The van der Waals surface area contributed by atoms with Crippen molar-refractivity contribution in [3.63, 3.8) is 0 Å². The van der Waals surface area contributed by atoms with Crippen LogP contribution in [0, 0.1) is 5.92 Å². The van der Waals surface area contributed by atoms with Crippen LogP contribution in [0.1, 0.15) is 35.1 Å². The number of amides is 3. The summed E-state index contributed by atoms with van der Waals surface area (Å²) in [6.07, 6.45) is 2.14. The van der Waals surface area contributed by atoms with Crippen LogP contribution in [-0.4, -0.2) is 45.8 Å². The zero-order valence-electron chi connectivity index (χ0n) is 27.7. The average Bonchev–Trinajstić information content (AvgIpc) is 3.53. The normalized spacial score (nSPS) is 14.2. The van der Waals surface area contributed by atoms with Gasteiger partial charge in [0.2, 0.25) is 19.2 Å². The van der Waals surface area contributed by atoms with Gasteiger partial charge in [0, 0.05) is 42.0 Å². The van der Waals surface area contributed by atoms with Crippen LogP contribution >= 0.6 is 7.37 Å². The number of aryl methyl sites for hydroxylation is 1. The lowest BCUT2D eigenvalue weighted by Gasteiger charge is -2.28. The van der Waals surface area contributed by atoms with Crippen molar-refractivity contribution in [1.29, 1.82) is 0 Å². The summed E-state index contributed by atoms with van der Waals surface area (Å²) in [5.74, 6) is -3.47. The maximum Gasteiger partial charge on any atom is 0.408 e. The number of carbonyl (C=O) groups is 3. The lowest BCUT2D eigenvalue weighted by atomic mass is 9.98. The number of hydrogen-bond acceptors (Lipinski definition) is 5. The number of alkyl carbamates (subject to hydrolysis) is 1. The summed E-state index contributed by atoms with van der Waals surface area (Å²) in [5, 5.41) is 6.32. The summed E-state index contributed by atoms with van der Waals surface area (Å²) in [6.45, 7) is -0.0179. The Hall–Kier alpha value is -5.18. The molecule has 5 rings (SSSR count). The first-order chi connectivity index (χ1) is 24.2. The van der Waals surface area contributed by atoms with Gasteiger partial charge >= 0.3 is 6.09 Å². The number of benzene rings is 4. The molecule has 4 atom stereocenters. The monoisotopic (exact) mass is 694 g/mol. The summed E-state index contributed by atoms with van der Waals surface area (Å²) >= 11 is 0.